The zero-order valence-corrected chi connectivity index (χ0v) is 38.7. The third kappa shape index (κ3) is 9.60. The number of para-hydroxylation sites is 2. The van der Waals surface area contributed by atoms with E-state index in [0.717, 1.165) is 27.5 Å². The maximum Gasteiger partial charge on any atom is 0.340 e. The highest BCUT2D eigenvalue weighted by atomic mass is 35.5. The van der Waals surface area contributed by atoms with Crippen molar-refractivity contribution in [3.63, 3.8) is 0 Å². The second-order valence-electron chi connectivity index (χ2n) is 16.0. The van der Waals surface area contributed by atoms with E-state index in [1.54, 1.807) is 57.9 Å². The van der Waals surface area contributed by atoms with Crippen molar-refractivity contribution in [3.8, 4) is 11.4 Å². The van der Waals surface area contributed by atoms with Gasteiger partial charge >= 0.3 is 5.97 Å². The molecule has 0 aliphatic heterocycles. The van der Waals surface area contributed by atoms with Crippen LogP contribution in [-0.2, 0) is 0 Å². The van der Waals surface area contributed by atoms with E-state index in [-0.39, 0.29) is 40.3 Å². The van der Waals surface area contributed by atoms with E-state index >= 15 is 0 Å². The first kappa shape index (κ1) is 47.1. The number of hydrogen-bond donors (Lipinski definition) is 5. The number of carbonyl (C=O) groups is 2. The van der Waals surface area contributed by atoms with Gasteiger partial charge in [0.25, 0.3) is 17.0 Å². The number of halogens is 2. The molecule has 10 rings (SSSR count). The minimum Gasteiger partial charge on any atom is -0.478 e. The first-order chi connectivity index (χ1) is 33.2. The van der Waals surface area contributed by atoms with E-state index in [2.05, 4.69) is 15.3 Å². The van der Waals surface area contributed by atoms with Gasteiger partial charge < -0.3 is 27.6 Å². The number of nitrogen functional groups attached to an aromatic ring is 2. The second-order valence-corrected chi connectivity index (χ2v) is 16.8. The summed E-state index contributed by atoms with van der Waals surface area (Å²) in [6.45, 7) is 3.70. The number of aromatic carboxylic acids is 1. The van der Waals surface area contributed by atoms with Crippen LogP contribution >= 0.6 is 23.2 Å². The molecule has 8 N–H and O–H groups in total. The van der Waals surface area contributed by atoms with E-state index in [1.807, 2.05) is 135 Å². The van der Waals surface area contributed by atoms with Crippen molar-refractivity contribution in [1.82, 2.24) is 24.4 Å². The summed E-state index contributed by atoms with van der Waals surface area (Å²) in [6, 6.07) is 47.1. The molecule has 0 spiro atoms. The number of nitrogens with one attached hydrogen (secondary N) is 1. The van der Waals surface area contributed by atoms with Crippen LogP contribution in [-0.4, -0.2) is 36.1 Å². The lowest BCUT2D eigenvalue weighted by atomic mass is 10.0. The van der Waals surface area contributed by atoms with Crippen LogP contribution < -0.4 is 33.6 Å². The van der Waals surface area contributed by atoms with Gasteiger partial charge in [-0.1, -0.05) is 132 Å². The monoisotopic (exact) mass is 954 g/mol. The van der Waals surface area contributed by atoms with Crippen LogP contribution in [0.5, 0.6) is 0 Å². The topological polar surface area (TPSA) is 214 Å². The Morgan fingerprint density at radius 2 is 0.971 bits per heavy atom. The number of aromatic nitrogens is 4. The maximum atomic E-state index is 13.6. The molecule has 1 amide bonds. The van der Waals surface area contributed by atoms with Crippen LogP contribution in [0.4, 0.5) is 11.6 Å². The molecule has 13 nitrogen and oxygen atoms in total. The van der Waals surface area contributed by atoms with Gasteiger partial charge in [-0.15, -0.1) is 0 Å². The Kier molecular flexibility index (Phi) is 13.8. The Morgan fingerprint density at radius 1 is 0.565 bits per heavy atom. The fourth-order valence-corrected chi connectivity index (χ4v) is 8.71. The van der Waals surface area contributed by atoms with E-state index < -0.39 is 12.0 Å². The summed E-state index contributed by atoms with van der Waals surface area (Å²) in [7, 11) is 0. The van der Waals surface area contributed by atoms with Crippen molar-refractivity contribution >= 4 is 89.8 Å². The molecule has 0 fully saturated rings. The smallest absolute Gasteiger partial charge is 0.340 e. The number of pyridine rings is 4. The molecule has 0 aliphatic rings. The molecule has 0 aliphatic carbocycles. The molecule has 0 saturated heterocycles. The average molecular weight is 956 g/mol. The summed E-state index contributed by atoms with van der Waals surface area (Å²) < 4.78 is 3.22. The molecule has 0 unspecified atom stereocenters. The predicted octanol–water partition coefficient (Wildman–Crippen LogP) is 10.4. The van der Waals surface area contributed by atoms with Crippen molar-refractivity contribution in [1.29, 1.82) is 0 Å². The van der Waals surface area contributed by atoms with Crippen LogP contribution in [0.1, 0.15) is 58.0 Å². The van der Waals surface area contributed by atoms with E-state index in [0.29, 0.717) is 53.9 Å². The van der Waals surface area contributed by atoms with Gasteiger partial charge in [-0.05, 0) is 78.5 Å². The number of fused-ring (bicyclic) bond motifs is 4. The van der Waals surface area contributed by atoms with Gasteiger partial charge in [-0.25, -0.2) is 14.8 Å². The van der Waals surface area contributed by atoms with Gasteiger partial charge in [0.05, 0.1) is 32.4 Å². The third-order valence-corrected chi connectivity index (χ3v) is 12.1. The Labute approximate surface area is 405 Å². The summed E-state index contributed by atoms with van der Waals surface area (Å²) in [5, 5.41) is 18.2. The fraction of sp³-hybridized carbons (Fsp3) is 0.0741. The highest BCUT2D eigenvalue weighted by Gasteiger charge is 2.23. The number of carboxylic acid groups (broad SMARTS) is 1. The van der Waals surface area contributed by atoms with Gasteiger partial charge in [0, 0.05) is 57.4 Å². The Balaban J connectivity index is 0.000000155. The van der Waals surface area contributed by atoms with E-state index in [4.69, 9.17) is 45.5 Å². The molecular weight excluding hydrogens is 912 g/mol. The molecule has 15 heteroatoms. The van der Waals surface area contributed by atoms with Gasteiger partial charge in [-0.2, -0.15) is 0 Å². The lowest BCUT2D eigenvalue weighted by Crippen LogP contribution is -2.32. The van der Waals surface area contributed by atoms with E-state index in [9.17, 15) is 19.2 Å². The SMILES string of the molecule is C[C@H](N)c1cc2cccc(Cl)c2c(=O)n1-c1ccccc1.C[C@H](NC(=O)c1c(N)ncc2ccccc12)c1cc2cccc(Cl)c2c(=O)n1-c1ccccc1.Nc1ncc2ccccc2c1C(=O)O. The van der Waals surface area contributed by atoms with Crippen molar-refractivity contribution in [2.75, 3.05) is 11.5 Å². The number of amides is 1. The zero-order valence-electron chi connectivity index (χ0n) is 37.2. The van der Waals surface area contributed by atoms with E-state index in [1.165, 1.54) is 0 Å². The van der Waals surface area contributed by atoms with Crippen LogP contribution in [0.2, 0.25) is 10.0 Å². The van der Waals surface area contributed by atoms with Crippen LogP contribution in [0.15, 0.2) is 180 Å². The highest BCUT2D eigenvalue weighted by molar-refractivity contribution is 6.35. The number of carbonyl (C=O) groups excluding carboxylic acids is 1. The molecule has 4 heterocycles. The highest BCUT2D eigenvalue weighted by Crippen LogP contribution is 2.29. The molecule has 10 aromatic rings. The predicted molar refractivity (Wildman–Crippen MR) is 277 cm³/mol. The van der Waals surface area contributed by atoms with Crippen LogP contribution in [0.3, 0.4) is 0 Å². The first-order valence-corrected chi connectivity index (χ1v) is 22.4. The number of benzene rings is 6. The van der Waals surface area contributed by atoms with Crippen molar-refractivity contribution in [2.24, 2.45) is 5.73 Å². The Hall–Kier alpha value is -8.36. The quantitative estimate of drug-likeness (QED) is 0.102. The fourth-order valence-electron chi connectivity index (χ4n) is 8.18. The number of nitrogens with zero attached hydrogens (tertiary/aromatic N) is 4. The normalized spacial score (nSPS) is 11.8. The lowest BCUT2D eigenvalue weighted by molar-refractivity contribution is 0.0699. The van der Waals surface area contributed by atoms with Crippen molar-refractivity contribution in [3.05, 3.63) is 223 Å². The van der Waals surface area contributed by atoms with Gasteiger partial charge in [-0.3, -0.25) is 23.5 Å². The molecule has 0 saturated carbocycles. The van der Waals surface area contributed by atoms with Crippen molar-refractivity contribution in [2.45, 2.75) is 25.9 Å². The number of carboxylic acids is 1. The average Bonchev–Trinajstić information content (AvgIpc) is 3.34. The standard InChI is InChI=1S/C27H21ClN4O2.C17H15ClN2O.C10H8N2O2/c1-16(31-26(33)24-20-12-6-5-8-18(20)15-30-25(24)29)22-14-17-9-7-13-21(28)23(17)27(34)32(22)19-10-3-2-4-11-19;1-11(19)15-10-12-6-5-9-14(18)16(12)17(21)20(15)13-7-3-2-4-8-13;11-9-8(10(13)14)7-4-2-1-3-6(7)5-12-9/h2-16H,1H3,(H2,29,30)(H,31,33);2-11H,19H2,1H3;1-5H,(H2,11,12)(H,13,14)/t16-;11-;/m00./s1. The van der Waals surface area contributed by atoms with Crippen LogP contribution in [0, 0.1) is 0 Å². The number of hydrogen-bond acceptors (Lipinski definition) is 9. The van der Waals surface area contributed by atoms with Gasteiger partial charge in [0.15, 0.2) is 0 Å². The second kappa shape index (κ2) is 20.2. The molecule has 69 heavy (non-hydrogen) atoms. The van der Waals surface area contributed by atoms with Gasteiger partial charge in [0.2, 0.25) is 0 Å². The van der Waals surface area contributed by atoms with Gasteiger partial charge in [0.1, 0.15) is 17.2 Å². The molecule has 4 aromatic heterocycles. The summed E-state index contributed by atoms with van der Waals surface area (Å²) in [4.78, 5) is 58.8. The molecule has 2 atom stereocenters. The third-order valence-electron chi connectivity index (χ3n) is 11.4. The zero-order chi connectivity index (χ0) is 48.9. The lowest BCUT2D eigenvalue weighted by Gasteiger charge is -2.22. The summed E-state index contributed by atoms with van der Waals surface area (Å²) >= 11 is 12.6. The minimum absolute atomic E-state index is 0.0520. The Morgan fingerprint density at radius 3 is 1.45 bits per heavy atom. The maximum absolute atomic E-state index is 13.6. The molecule has 0 radical (unpaired) electrons. The van der Waals surface area contributed by atoms with Crippen molar-refractivity contribution < 1.29 is 14.7 Å². The summed E-state index contributed by atoms with van der Waals surface area (Å²) in [6.07, 6.45) is 3.21. The summed E-state index contributed by atoms with van der Waals surface area (Å²) in [5.41, 5.74) is 20.5. The molecule has 344 valence electrons. The number of rotatable bonds is 7. The molecule has 0 bridgehead atoms. The Bertz CT molecular complexity index is 3700. The molecular formula is C54H44Cl2N8O5. The number of nitrogens with two attached hydrogens (primary N) is 3. The largest absolute Gasteiger partial charge is 0.478 e. The first-order valence-electron chi connectivity index (χ1n) is 21.6. The van der Waals surface area contributed by atoms with Crippen LogP contribution in [0.25, 0.3) is 54.5 Å². The molecule has 6 aromatic carbocycles. The summed E-state index contributed by atoms with van der Waals surface area (Å²) in [5.74, 6) is -1.22. The number of anilines is 2. The minimum atomic E-state index is -1.05.